The lowest BCUT2D eigenvalue weighted by atomic mass is 9.99. The third kappa shape index (κ3) is 7.14. The van der Waals surface area contributed by atoms with Gasteiger partial charge in [0.15, 0.2) is 0 Å². The van der Waals surface area contributed by atoms with Crippen LogP contribution in [0.25, 0.3) is 5.57 Å². The van der Waals surface area contributed by atoms with Gasteiger partial charge in [0.2, 0.25) is 0 Å². The van der Waals surface area contributed by atoms with Crippen molar-refractivity contribution in [3.63, 3.8) is 0 Å². The van der Waals surface area contributed by atoms with E-state index in [1.165, 1.54) is 35.4 Å². The molecule has 162 valence electrons. The summed E-state index contributed by atoms with van der Waals surface area (Å²) in [4.78, 5) is 2.38. The highest BCUT2D eigenvalue weighted by atomic mass is 32.2. The van der Waals surface area contributed by atoms with E-state index in [4.69, 9.17) is 4.55 Å². The summed E-state index contributed by atoms with van der Waals surface area (Å²) in [5.41, 5.74) is 4.63. The first-order valence-corrected chi connectivity index (χ1v) is 11.5. The maximum atomic E-state index is 12.9. The minimum Gasteiger partial charge on any atom is -0.295 e. The molecular formula is C25H26FNO3S. The van der Waals surface area contributed by atoms with Crippen LogP contribution in [0.5, 0.6) is 0 Å². The van der Waals surface area contributed by atoms with E-state index in [0.717, 1.165) is 37.2 Å². The lowest BCUT2D eigenvalue weighted by molar-refractivity contribution is 0.294. The van der Waals surface area contributed by atoms with Crippen molar-refractivity contribution < 1.29 is 17.4 Å². The maximum absolute atomic E-state index is 12.9. The molecule has 1 heterocycles. The molecule has 0 fully saturated rings. The van der Waals surface area contributed by atoms with E-state index in [9.17, 15) is 12.8 Å². The number of aryl methyl sites for hydroxylation is 1. The second-order valence-electron chi connectivity index (χ2n) is 7.50. The van der Waals surface area contributed by atoms with Crippen molar-refractivity contribution in [1.82, 2.24) is 4.90 Å². The molecule has 0 unspecified atom stereocenters. The van der Waals surface area contributed by atoms with Crippen LogP contribution in [0.4, 0.5) is 4.39 Å². The summed E-state index contributed by atoms with van der Waals surface area (Å²) in [6.45, 7) is 4.77. The van der Waals surface area contributed by atoms with E-state index in [1.54, 1.807) is 19.1 Å². The van der Waals surface area contributed by atoms with Gasteiger partial charge in [0, 0.05) is 19.6 Å². The lowest BCUT2D eigenvalue weighted by Crippen LogP contribution is -2.27. The van der Waals surface area contributed by atoms with Crippen LogP contribution in [0.3, 0.4) is 0 Å². The summed E-state index contributed by atoms with van der Waals surface area (Å²) in [6.07, 6.45) is 3.29. The Labute approximate surface area is 183 Å². The van der Waals surface area contributed by atoms with Crippen LogP contribution in [-0.4, -0.2) is 31.0 Å². The molecule has 0 saturated carbocycles. The van der Waals surface area contributed by atoms with Gasteiger partial charge in [-0.05, 0) is 59.9 Å². The van der Waals surface area contributed by atoms with Crippen molar-refractivity contribution in [2.75, 3.05) is 13.1 Å². The average molecular weight is 440 g/mol. The van der Waals surface area contributed by atoms with E-state index < -0.39 is 10.1 Å². The molecule has 0 saturated heterocycles. The average Bonchev–Trinajstić information content (AvgIpc) is 2.76. The Bertz CT molecular complexity index is 1130. The highest BCUT2D eigenvalue weighted by Gasteiger charge is 2.13. The van der Waals surface area contributed by atoms with Crippen molar-refractivity contribution in [1.29, 1.82) is 0 Å². The van der Waals surface area contributed by atoms with Crippen molar-refractivity contribution in [2.24, 2.45) is 0 Å². The molecule has 4 nitrogen and oxygen atoms in total. The quantitative estimate of drug-likeness (QED) is 0.556. The Morgan fingerprint density at radius 3 is 2.23 bits per heavy atom. The van der Waals surface area contributed by atoms with Gasteiger partial charge >= 0.3 is 0 Å². The summed E-state index contributed by atoms with van der Waals surface area (Å²) in [5, 5.41) is 0. The third-order valence-corrected chi connectivity index (χ3v) is 5.89. The van der Waals surface area contributed by atoms with Gasteiger partial charge in [-0.2, -0.15) is 8.42 Å². The molecule has 3 aromatic rings. The first kappa shape index (κ1) is 22.9. The summed E-state index contributed by atoms with van der Waals surface area (Å²) >= 11 is 0. The zero-order chi connectivity index (χ0) is 22.3. The third-order valence-electron chi connectivity index (χ3n) is 5.04. The van der Waals surface area contributed by atoms with E-state index in [2.05, 4.69) is 35.2 Å². The van der Waals surface area contributed by atoms with Crippen LogP contribution in [0, 0.1) is 12.7 Å². The zero-order valence-electron chi connectivity index (χ0n) is 17.4. The molecule has 1 aliphatic rings. The molecule has 4 rings (SSSR count). The van der Waals surface area contributed by atoms with E-state index in [0.29, 0.717) is 0 Å². The fourth-order valence-corrected chi connectivity index (χ4v) is 3.98. The van der Waals surface area contributed by atoms with Crippen molar-refractivity contribution >= 4 is 15.7 Å². The number of nitrogens with zero attached hydrogens (tertiary/aromatic N) is 1. The molecule has 0 aromatic heterocycles. The first-order chi connectivity index (χ1) is 14.8. The molecule has 0 spiro atoms. The van der Waals surface area contributed by atoms with Crippen LogP contribution < -0.4 is 0 Å². The molecule has 0 radical (unpaired) electrons. The molecule has 0 bridgehead atoms. The molecule has 31 heavy (non-hydrogen) atoms. The second kappa shape index (κ2) is 10.5. The van der Waals surface area contributed by atoms with E-state index in [-0.39, 0.29) is 10.7 Å². The number of benzene rings is 3. The molecular weight excluding hydrogens is 413 g/mol. The van der Waals surface area contributed by atoms with Gasteiger partial charge in [0.1, 0.15) is 5.82 Å². The van der Waals surface area contributed by atoms with Gasteiger partial charge in [0.05, 0.1) is 4.90 Å². The molecule has 1 aliphatic heterocycles. The lowest BCUT2D eigenvalue weighted by Gasteiger charge is -2.26. The Morgan fingerprint density at radius 2 is 1.68 bits per heavy atom. The molecule has 1 N–H and O–H groups in total. The number of hydrogen-bond donors (Lipinski definition) is 1. The highest BCUT2D eigenvalue weighted by Crippen LogP contribution is 2.23. The highest BCUT2D eigenvalue weighted by molar-refractivity contribution is 7.85. The maximum Gasteiger partial charge on any atom is 0.294 e. The van der Waals surface area contributed by atoms with Crippen LogP contribution in [0.15, 0.2) is 89.8 Å². The SMILES string of the molecule is Cc1cccc(S(=O)(=O)O)c1.Fc1ccc(C2=CCN(Cc3ccccc3)CC2)cc1. The molecule has 3 aromatic carbocycles. The van der Waals surface area contributed by atoms with Crippen molar-refractivity contribution in [3.8, 4) is 0 Å². The van der Waals surface area contributed by atoms with Crippen LogP contribution in [0.2, 0.25) is 0 Å². The van der Waals surface area contributed by atoms with Gasteiger partial charge in [-0.1, -0.05) is 60.7 Å². The largest absolute Gasteiger partial charge is 0.295 e. The fraction of sp³-hybridized carbons (Fsp3) is 0.200. The van der Waals surface area contributed by atoms with Gasteiger partial charge < -0.3 is 0 Å². The van der Waals surface area contributed by atoms with E-state index in [1.807, 2.05) is 18.2 Å². The molecule has 6 heteroatoms. The monoisotopic (exact) mass is 439 g/mol. The van der Waals surface area contributed by atoms with Crippen LogP contribution in [0.1, 0.15) is 23.1 Å². The van der Waals surface area contributed by atoms with Gasteiger partial charge in [-0.15, -0.1) is 0 Å². The number of hydrogen-bond acceptors (Lipinski definition) is 3. The zero-order valence-corrected chi connectivity index (χ0v) is 18.2. The Hall–Kier alpha value is -2.80. The fourth-order valence-electron chi connectivity index (χ4n) is 3.40. The molecule has 0 atom stereocenters. The second-order valence-corrected chi connectivity index (χ2v) is 8.92. The van der Waals surface area contributed by atoms with Crippen LogP contribution >= 0.6 is 0 Å². The van der Waals surface area contributed by atoms with Gasteiger partial charge in [0.25, 0.3) is 10.1 Å². The Kier molecular flexibility index (Phi) is 7.74. The summed E-state index contributed by atoms with van der Waals surface area (Å²) < 4.78 is 42.6. The normalized spacial score (nSPS) is 14.4. The minimum atomic E-state index is -4.03. The summed E-state index contributed by atoms with van der Waals surface area (Å²) in [6, 6.07) is 23.5. The van der Waals surface area contributed by atoms with Crippen molar-refractivity contribution in [3.05, 3.63) is 107 Å². The Balaban J connectivity index is 0.000000210. The summed E-state index contributed by atoms with van der Waals surface area (Å²) in [7, 11) is -4.03. The van der Waals surface area contributed by atoms with Crippen molar-refractivity contribution in [2.45, 2.75) is 24.8 Å². The Morgan fingerprint density at radius 1 is 0.968 bits per heavy atom. The van der Waals surface area contributed by atoms with Gasteiger partial charge in [-0.25, -0.2) is 4.39 Å². The smallest absolute Gasteiger partial charge is 0.294 e. The summed E-state index contributed by atoms with van der Waals surface area (Å²) in [5.74, 6) is -0.170. The predicted molar refractivity (Wildman–Crippen MR) is 122 cm³/mol. The molecule has 0 aliphatic carbocycles. The number of rotatable bonds is 4. The minimum absolute atomic E-state index is 0.0579. The first-order valence-electron chi connectivity index (χ1n) is 10.1. The standard InChI is InChI=1S/C18H18FN.C7H8O3S/c19-18-8-6-16(7-9-18)17-10-12-20(13-11-17)14-15-4-2-1-3-5-15;1-6-3-2-4-7(5-6)11(8,9)10/h1-10H,11-14H2;2-5H,1H3,(H,8,9,10). The van der Waals surface area contributed by atoms with E-state index >= 15 is 0 Å². The topological polar surface area (TPSA) is 57.6 Å². The predicted octanol–water partition coefficient (Wildman–Crippen LogP) is 5.36. The molecule has 0 amide bonds. The number of halogens is 1. The van der Waals surface area contributed by atoms with Crippen LogP contribution in [-0.2, 0) is 16.7 Å². The van der Waals surface area contributed by atoms with Gasteiger partial charge in [-0.3, -0.25) is 9.45 Å².